The van der Waals surface area contributed by atoms with Gasteiger partial charge in [-0.1, -0.05) is 0 Å². The molecule has 3 heterocycles. The Hall–Kier alpha value is -2.35. The molecule has 7 nitrogen and oxygen atoms in total. The van der Waals surface area contributed by atoms with Crippen LogP contribution < -0.4 is 9.64 Å². The quantitative estimate of drug-likeness (QED) is 0.767. The van der Waals surface area contributed by atoms with Crippen LogP contribution in [0.5, 0.6) is 5.75 Å². The lowest BCUT2D eigenvalue weighted by atomic mass is 10.2. The van der Waals surface area contributed by atoms with Crippen molar-refractivity contribution in [3.05, 3.63) is 24.5 Å². The first-order valence-electron chi connectivity index (χ1n) is 8.30. The Morgan fingerprint density at radius 3 is 2.88 bits per heavy atom. The second-order valence-corrected chi connectivity index (χ2v) is 8.53. The maximum atomic E-state index is 11.9. The van der Waals surface area contributed by atoms with E-state index in [4.69, 9.17) is 4.74 Å². The number of sulfone groups is 1. The van der Waals surface area contributed by atoms with Crippen LogP contribution in [-0.4, -0.2) is 54.6 Å². The fraction of sp³-hybridized carbons (Fsp3) is 0.412. The van der Waals surface area contributed by atoms with Crippen molar-refractivity contribution in [1.82, 2.24) is 15.0 Å². The van der Waals surface area contributed by atoms with Gasteiger partial charge in [-0.25, -0.2) is 18.4 Å². The molecular weight excluding hydrogens is 340 g/mol. The van der Waals surface area contributed by atoms with E-state index >= 15 is 0 Å². The summed E-state index contributed by atoms with van der Waals surface area (Å²) in [6.07, 6.45) is 2.17. The minimum absolute atomic E-state index is 0.0472. The topological polar surface area (TPSA) is 88.2 Å². The number of benzene rings is 1. The smallest absolute Gasteiger partial charge is 0.156 e. The van der Waals surface area contributed by atoms with Crippen LogP contribution in [0.15, 0.2) is 24.5 Å². The number of nitrogens with zero attached hydrogens (tertiary/aromatic N) is 3. The Balaban J connectivity index is 1.86. The van der Waals surface area contributed by atoms with Crippen LogP contribution >= 0.6 is 0 Å². The fourth-order valence-corrected chi connectivity index (χ4v) is 5.34. The molecule has 1 atom stereocenters. The molecule has 2 aromatic heterocycles. The van der Waals surface area contributed by atoms with E-state index < -0.39 is 9.84 Å². The third-order valence-corrected chi connectivity index (χ3v) is 6.58. The number of hydrogen-bond donors (Lipinski definition) is 1. The highest BCUT2D eigenvalue weighted by Gasteiger charge is 2.33. The van der Waals surface area contributed by atoms with E-state index in [2.05, 4.69) is 19.9 Å². The van der Waals surface area contributed by atoms with Crippen molar-refractivity contribution in [2.75, 3.05) is 30.1 Å². The molecule has 1 saturated heterocycles. The van der Waals surface area contributed by atoms with Crippen LogP contribution in [0, 0.1) is 0 Å². The molecule has 4 rings (SSSR count). The molecule has 25 heavy (non-hydrogen) atoms. The molecule has 0 saturated carbocycles. The zero-order chi connectivity index (χ0) is 17.6. The van der Waals surface area contributed by atoms with E-state index in [-0.39, 0.29) is 17.5 Å². The first kappa shape index (κ1) is 16.1. The average molecular weight is 360 g/mol. The van der Waals surface area contributed by atoms with Gasteiger partial charge in [-0.15, -0.1) is 0 Å². The molecule has 0 aliphatic carbocycles. The average Bonchev–Trinajstić information content (AvgIpc) is 3.15. The van der Waals surface area contributed by atoms with Gasteiger partial charge in [0.2, 0.25) is 0 Å². The minimum Gasteiger partial charge on any atom is -0.497 e. The SMILES string of the molecule is CCN(c1ncnc2c1[nH]c1ccc(OC)cc12)C1CCS(=O)(=O)C1. The summed E-state index contributed by atoms with van der Waals surface area (Å²) in [6, 6.07) is 5.75. The van der Waals surface area contributed by atoms with Crippen molar-refractivity contribution >= 4 is 37.6 Å². The van der Waals surface area contributed by atoms with Crippen molar-refractivity contribution in [1.29, 1.82) is 0 Å². The van der Waals surface area contributed by atoms with E-state index in [1.165, 1.54) is 6.33 Å². The molecule has 0 bridgehead atoms. The van der Waals surface area contributed by atoms with Gasteiger partial charge in [0, 0.05) is 23.5 Å². The van der Waals surface area contributed by atoms with Crippen LogP contribution in [0.1, 0.15) is 13.3 Å². The van der Waals surface area contributed by atoms with E-state index in [1.54, 1.807) is 7.11 Å². The van der Waals surface area contributed by atoms with Gasteiger partial charge in [0.25, 0.3) is 0 Å². The second kappa shape index (κ2) is 5.87. The first-order valence-corrected chi connectivity index (χ1v) is 10.1. The number of anilines is 1. The lowest BCUT2D eigenvalue weighted by Gasteiger charge is -2.28. The van der Waals surface area contributed by atoms with E-state index in [0.717, 1.165) is 33.5 Å². The first-order chi connectivity index (χ1) is 12.0. The van der Waals surface area contributed by atoms with Gasteiger partial charge in [-0.05, 0) is 31.5 Å². The summed E-state index contributed by atoms with van der Waals surface area (Å²) in [6.45, 7) is 2.70. The molecule has 132 valence electrons. The standard InChI is InChI=1S/C17H20N4O3S/c1-3-21(11-6-7-25(22,23)9-11)17-16-15(18-10-19-17)13-8-12(24-2)4-5-14(13)20-16/h4-5,8,10-11,20H,3,6-7,9H2,1-2H3. The van der Waals surface area contributed by atoms with Gasteiger partial charge in [-0.3, -0.25) is 0 Å². The molecule has 1 unspecified atom stereocenters. The molecule has 1 aromatic carbocycles. The molecule has 0 radical (unpaired) electrons. The van der Waals surface area contributed by atoms with Gasteiger partial charge in [0.05, 0.1) is 18.6 Å². The van der Waals surface area contributed by atoms with Crippen LogP contribution in [-0.2, 0) is 9.84 Å². The number of methoxy groups -OCH3 is 1. The molecular formula is C17H20N4O3S. The summed E-state index contributed by atoms with van der Waals surface area (Å²) in [5.41, 5.74) is 2.60. The fourth-order valence-electron chi connectivity index (χ4n) is 3.61. The predicted molar refractivity (Wildman–Crippen MR) is 98.0 cm³/mol. The van der Waals surface area contributed by atoms with Crippen molar-refractivity contribution < 1.29 is 13.2 Å². The number of nitrogens with one attached hydrogen (secondary N) is 1. The molecule has 0 amide bonds. The number of aromatic nitrogens is 3. The largest absolute Gasteiger partial charge is 0.497 e. The van der Waals surface area contributed by atoms with E-state index in [0.29, 0.717) is 13.0 Å². The Labute approximate surface area is 145 Å². The highest BCUT2D eigenvalue weighted by Crippen LogP contribution is 2.33. The Bertz CT molecular complexity index is 1040. The zero-order valence-corrected chi connectivity index (χ0v) is 15.0. The van der Waals surface area contributed by atoms with Crippen LogP contribution in [0.3, 0.4) is 0 Å². The van der Waals surface area contributed by atoms with Gasteiger partial charge in [0.1, 0.15) is 23.1 Å². The van der Waals surface area contributed by atoms with Crippen LogP contribution in [0.4, 0.5) is 5.82 Å². The lowest BCUT2D eigenvalue weighted by Crippen LogP contribution is -2.36. The summed E-state index contributed by atoms with van der Waals surface area (Å²) in [5.74, 6) is 1.94. The lowest BCUT2D eigenvalue weighted by molar-refractivity contribution is 0.415. The summed E-state index contributed by atoms with van der Waals surface area (Å²) in [7, 11) is -1.32. The monoisotopic (exact) mass is 360 g/mol. The number of aromatic amines is 1. The molecule has 1 fully saturated rings. The summed E-state index contributed by atoms with van der Waals surface area (Å²) < 4.78 is 29.1. The highest BCUT2D eigenvalue weighted by atomic mass is 32.2. The third-order valence-electron chi connectivity index (χ3n) is 4.83. The molecule has 8 heteroatoms. The molecule has 1 aliphatic rings. The van der Waals surface area contributed by atoms with E-state index in [1.807, 2.05) is 25.1 Å². The Kier molecular flexibility index (Phi) is 3.79. The predicted octanol–water partition coefficient (Wildman–Crippen LogP) is 2.13. The Morgan fingerprint density at radius 2 is 2.20 bits per heavy atom. The van der Waals surface area contributed by atoms with Crippen LogP contribution in [0.25, 0.3) is 21.9 Å². The summed E-state index contributed by atoms with van der Waals surface area (Å²) in [5, 5.41) is 0.966. The van der Waals surface area contributed by atoms with Crippen molar-refractivity contribution in [3.8, 4) is 5.75 Å². The van der Waals surface area contributed by atoms with Crippen molar-refractivity contribution in [2.24, 2.45) is 0 Å². The zero-order valence-electron chi connectivity index (χ0n) is 14.2. The maximum absolute atomic E-state index is 11.9. The number of fused-ring (bicyclic) bond motifs is 3. The number of rotatable bonds is 4. The minimum atomic E-state index is -2.96. The molecule has 3 aromatic rings. The van der Waals surface area contributed by atoms with E-state index in [9.17, 15) is 8.42 Å². The molecule has 0 spiro atoms. The van der Waals surface area contributed by atoms with Crippen molar-refractivity contribution in [3.63, 3.8) is 0 Å². The molecule has 1 aliphatic heterocycles. The van der Waals surface area contributed by atoms with Gasteiger partial charge >= 0.3 is 0 Å². The number of H-pyrrole nitrogens is 1. The second-order valence-electron chi connectivity index (χ2n) is 6.30. The summed E-state index contributed by atoms with van der Waals surface area (Å²) in [4.78, 5) is 14.4. The normalized spacial score (nSPS) is 19.5. The van der Waals surface area contributed by atoms with Gasteiger partial charge < -0.3 is 14.6 Å². The van der Waals surface area contributed by atoms with Crippen LogP contribution in [0.2, 0.25) is 0 Å². The number of hydrogen-bond acceptors (Lipinski definition) is 6. The maximum Gasteiger partial charge on any atom is 0.156 e. The molecule has 1 N–H and O–H groups in total. The third kappa shape index (κ3) is 2.70. The van der Waals surface area contributed by atoms with Crippen molar-refractivity contribution in [2.45, 2.75) is 19.4 Å². The summed E-state index contributed by atoms with van der Waals surface area (Å²) >= 11 is 0. The van der Waals surface area contributed by atoms with Gasteiger partial charge in [0.15, 0.2) is 15.7 Å². The highest BCUT2D eigenvalue weighted by molar-refractivity contribution is 7.91. The Morgan fingerprint density at radius 1 is 1.36 bits per heavy atom. The number of ether oxygens (including phenoxy) is 1. The van der Waals surface area contributed by atoms with Gasteiger partial charge in [-0.2, -0.15) is 0 Å².